The van der Waals surface area contributed by atoms with E-state index in [4.69, 9.17) is 4.74 Å². The topological polar surface area (TPSA) is 62.6 Å². The van der Waals surface area contributed by atoms with Gasteiger partial charge in [-0.3, -0.25) is 9.58 Å². The summed E-state index contributed by atoms with van der Waals surface area (Å²) in [5, 5.41) is 18.1. The fourth-order valence-corrected chi connectivity index (χ4v) is 3.43. The van der Waals surface area contributed by atoms with Gasteiger partial charge in [0.15, 0.2) is 0 Å². The van der Waals surface area contributed by atoms with E-state index in [1.807, 2.05) is 24.0 Å². The predicted molar refractivity (Wildman–Crippen MR) is 80.3 cm³/mol. The Morgan fingerprint density at radius 3 is 3.05 bits per heavy atom. The van der Waals surface area contributed by atoms with Crippen LogP contribution in [0, 0.1) is 6.92 Å². The lowest BCUT2D eigenvalue weighted by Gasteiger charge is -2.43. The summed E-state index contributed by atoms with van der Waals surface area (Å²) in [5.74, 6) is 0. The van der Waals surface area contributed by atoms with Crippen LogP contribution in [0.2, 0.25) is 0 Å². The predicted octanol–water partition coefficient (Wildman–Crippen LogP) is 0.176. The van der Waals surface area contributed by atoms with Crippen molar-refractivity contribution in [2.24, 2.45) is 0 Å². The average molecular weight is 294 g/mol. The Labute approximate surface area is 126 Å². The highest BCUT2D eigenvalue weighted by atomic mass is 16.5. The van der Waals surface area contributed by atoms with Gasteiger partial charge >= 0.3 is 0 Å². The van der Waals surface area contributed by atoms with Crippen molar-refractivity contribution < 1.29 is 9.84 Å². The molecule has 4 atom stereocenters. The number of nitrogens with one attached hydrogen (secondary N) is 1. The number of methoxy groups -OCH3 is 1. The Hall–Kier alpha value is -0.950. The van der Waals surface area contributed by atoms with E-state index in [2.05, 4.69) is 15.3 Å². The number of aromatic nitrogens is 2. The molecule has 0 radical (unpaired) electrons. The third-order valence-electron chi connectivity index (χ3n) is 4.67. The molecule has 1 aromatic heterocycles. The molecule has 0 aromatic carbocycles. The second-order valence-electron chi connectivity index (χ2n) is 6.34. The van der Waals surface area contributed by atoms with Crippen LogP contribution in [-0.2, 0) is 4.74 Å². The molecule has 2 fully saturated rings. The molecule has 6 nitrogen and oxygen atoms in total. The highest BCUT2D eigenvalue weighted by molar-refractivity contribution is 5.06. The standard InChI is InChI=1S/C15H26N4O2/c1-11-8-16-19(9-11)15-13(7-14(15)20)17-12-3-4-18(10-12)5-6-21-2/h8-9,12-15,17,20H,3-7,10H2,1-2H3/t12?,13-,14+,15+/m0/s1. The summed E-state index contributed by atoms with van der Waals surface area (Å²) >= 11 is 0. The quantitative estimate of drug-likeness (QED) is 0.783. The van der Waals surface area contributed by atoms with Crippen molar-refractivity contribution in [1.82, 2.24) is 20.0 Å². The first-order valence-electron chi connectivity index (χ1n) is 7.83. The summed E-state index contributed by atoms with van der Waals surface area (Å²) in [6, 6.07) is 0.914. The Balaban J connectivity index is 1.51. The summed E-state index contributed by atoms with van der Waals surface area (Å²) in [7, 11) is 1.75. The minimum Gasteiger partial charge on any atom is -0.391 e. The molecule has 1 aliphatic heterocycles. The number of aliphatic hydroxyl groups excluding tert-OH is 1. The molecule has 118 valence electrons. The van der Waals surface area contributed by atoms with Crippen LogP contribution < -0.4 is 5.32 Å². The third-order valence-corrected chi connectivity index (χ3v) is 4.67. The summed E-state index contributed by atoms with van der Waals surface area (Å²) in [4.78, 5) is 2.43. The van der Waals surface area contributed by atoms with E-state index in [1.165, 1.54) is 6.42 Å². The lowest BCUT2D eigenvalue weighted by atomic mass is 9.82. The molecule has 0 amide bonds. The number of ether oxygens (including phenoxy) is 1. The van der Waals surface area contributed by atoms with Gasteiger partial charge in [-0.05, 0) is 31.9 Å². The smallest absolute Gasteiger partial charge is 0.0932 e. The van der Waals surface area contributed by atoms with Gasteiger partial charge < -0.3 is 15.2 Å². The highest BCUT2D eigenvalue weighted by Gasteiger charge is 2.43. The van der Waals surface area contributed by atoms with Crippen molar-refractivity contribution in [2.45, 2.75) is 44.0 Å². The molecule has 1 saturated carbocycles. The molecule has 6 heteroatoms. The van der Waals surface area contributed by atoms with E-state index in [0.717, 1.165) is 38.2 Å². The number of hydrogen-bond acceptors (Lipinski definition) is 5. The molecular weight excluding hydrogens is 268 g/mol. The Kier molecular flexibility index (Phi) is 4.59. The normalized spacial score (nSPS) is 33.3. The van der Waals surface area contributed by atoms with Crippen LogP contribution in [-0.4, -0.2) is 71.3 Å². The van der Waals surface area contributed by atoms with Crippen molar-refractivity contribution in [3.8, 4) is 0 Å². The summed E-state index contributed by atoms with van der Waals surface area (Å²) in [6.45, 7) is 6.03. The summed E-state index contributed by atoms with van der Waals surface area (Å²) in [6.07, 6.45) is 5.57. The van der Waals surface area contributed by atoms with Gasteiger partial charge in [0, 0.05) is 38.5 Å². The van der Waals surface area contributed by atoms with Crippen LogP contribution in [0.25, 0.3) is 0 Å². The fourth-order valence-electron chi connectivity index (χ4n) is 3.43. The van der Waals surface area contributed by atoms with Crippen molar-refractivity contribution in [3.05, 3.63) is 18.0 Å². The van der Waals surface area contributed by atoms with E-state index in [0.29, 0.717) is 12.1 Å². The second-order valence-corrected chi connectivity index (χ2v) is 6.34. The molecule has 0 bridgehead atoms. The van der Waals surface area contributed by atoms with Crippen molar-refractivity contribution in [3.63, 3.8) is 0 Å². The van der Waals surface area contributed by atoms with E-state index >= 15 is 0 Å². The maximum atomic E-state index is 10.1. The van der Waals surface area contributed by atoms with Gasteiger partial charge in [-0.1, -0.05) is 0 Å². The van der Waals surface area contributed by atoms with Crippen molar-refractivity contribution >= 4 is 0 Å². The molecule has 1 unspecified atom stereocenters. The Morgan fingerprint density at radius 1 is 1.52 bits per heavy atom. The highest BCUT2D eigenvalue weighted by Crippen LogP contribution is 2.33. The monoisotopic (exact) mass is 294 g/mol. The maximum Gasteiger partial charge on any atom is 0.0932 e. The number of aryl methyl sites for hydroxylation is 1. The number of hydrogen-bond donors (Lipinski definition) is 2. The second kappa shape index (κ2) is 6.44. The first-order valence-corrected chi connectivity index (χ1v) is 7.83. The first kappa shape index (κ1) is 15.0. The molecule has 0 spiro atoms. The van der Waals surface area contributed by atoms with Gasteiger partial charge in [0.1, 0.15) is 0 Å². The SMILES string of the molecule is COCCN1CCC(N[C@H]2C[C@@H](O)[C@@H]2n2cc(C)cn2)C1. The lowest BCUT2D eigenvalue weighted by molar-refractivity contribution is -0.0113. The Bertz CT molecular complexity index is 464. The molecule has 1 aromatic rings. The number of nitrogens with zero attached hydrogens (tertiary/aromatic N) is 3. The van der Waals surface area contributed by atoms with Gasteiger partial charge in [-0.2, -0.15) is 5.10 Å². The number of likely N-dealkylation sites (tertiary alicyclic amines) is 1. The fraction of sp³-hybridized carbons (Fsp3) is 0.800. The minimum absolute atomic E-state index is 0.0757. The van der Waals surface area contributed by atoms with Crippen molar-refractivity contribution in [2.75, 3.05) is 33.4 Å². The zero-order valence-electron chi connectivity index (χ0n) is 12.9. The molecule has 2 heterocycles. The van der Waals surface area contributed by atoms with Crippen LogP contribution in [0.1, 0.15) is 24.4 Å². The molecule has 1 saturated heterocycles. The number of aliphatic hydroxyl groups is 1. The Morgan fingerprint density at radius 2 is 2.38 bits per heavy atom. The van der Waals surface area contributed by atoms with E-state index in [-0.39, 0.29) is 12.1 Å². The van der Waals surface area contributed by atoms with Gasteiger partial charge in [-0.25, -0.2) is 0 Å². The van der Waals surface area contributed by atoms with Crippen LogP contribution in [0.15, 0.2) is 12.4 Å². The zero-order valence-corrected chi connectivity index (χ0v) is 12.9. The van der Waals surface area contributed by atoms with Gasteiger partial charge in [0.05, 0.1) is 24.9 Å². The lowest BCUT2D eigenvalue weighted by Crippen LogP contribution is -2.57. The molecule has 2 aliphatic rings. The van der Waals surface area contributed by atoms with E-state index < -0.39 is 0 Å². The molecule has 21 heavy (non-hydrogen) atoms. The van der Waals surface area contributed by atoms with Gasteiger partial charge in [-0.15, -0.1) is 0 Å². The third kappa shape index (κ3) is 3.29. The van der Waals surface area contributed by atoms with Gasteiger partial charge in [0.2, 0.25) is 0 Å². The molecular formula is C15H26N4O2. The molecule has 2 N–H and O–H groups in total. The van der Waals surface area contributed by atoms with Crippen LogP contribution in [0.4, 0.5) is 0 Å². The minimum atomic E-state index is -0.284. The molecule has 3 rings (SSSR count). The largest absolute Gasteiger partial charge is 0.391 e. The van der Waals surface area contributed by atoms with Crippen molar-refractivity contribution in [1.29, 1.82) is 0 Å². The van der Waals surface area contributed by atoms with Crippen LogP contribution in [0.5, 0.6) is 0 Å². The van der Waals surface area contributed by atoms with E-state index in [1.54, 1.807) is 7.11 Å². The first-order chi connectivity index (χ1) is 10.2. The average Bonchev–Trinajstić information content (AvgIpc) is 3.05. The van der Waals surface area contributed by atoms with Crippen LogP contribution >= 0.6 is 0 Å². The molecule has 1 aliphatic carbocycles. The van der Waals surface area contributed by atoms with Crippen LogP contribution in [0.3, 0.4) is 0 Å². The zero-order chi connectivity index (χ0) is 14.8. The summed E-state index contributed by atoms with van der Waals surface area (Å²) in [5.41, 5.74) is 1.14. The van der Waals surface area contributed by atoms with E-state index in [9.17, 15) is 5.11 Å². The van der Waals surface area contributed by atoms with Gasteiger partial charge in [0.25, 0.3) is 0 Å². The number of rotatable bonds is 6. The summed E-state index contributed by atoms with van der Waals surface area (Å²) < 4.78 is 7.05. The maximum absolute atomic E-state index is 10.1.